The fourth-order valence-corrected chi connectivity index (χ4v) is 3.87. The van der Waals surface area contributed by atoms with E-state index in [9.17, 15) is 4.79 Å². The molecule has 4 rings (SSSR count). The van der Waals surface area contributed by atoms with Crippen LogP contribution >= 0.6 is 0 Å². The van der Waals surface area contributed by atoms with Gasteiger partial charge in [-0.1, -0.05) is 18.2 Å². The lowest BCUT2D eigenvalue weighted by Crippen LogP contribution is -2.46. The Hall–Kier alpha value is -2.34. The van der Waals surface area contributed by atoms with E-state index in [1.807, 2.05) is 6.92 Å². The summed E-state index contributed by atoms with van der Waals surface area (Å²) in [7, 11) is 0. The van der Waals surface area contributed by atoms with Gasteiger partial charge in [-0.05, 0) is 31.9 Å². The van der Waals surface area contributed by atoms with Gasteiger partial charge in [-0.3, -0.25) is 4.79 Å². The van der Waals surface area contributed by atoms with Crippen molar-refractivity contribution in [3.05, 3.63) is 47.7 Å². The Morgan fingerprint density at radius 2 is 2.24 bits per heavy atom. The van der Waals surface area contributed by atoms with Gasteiger partial charge in [0.15, 0.2) is 0 Å². The van der Waals surface area contributed by atoms with Gasteiger partial charge in [0.05, 0.1) is 18.8 Å². The van der Waals surface area contributed by atoms with Crippen LogP contribution < -0.4 is 10.2 Å². The maximum absolute atomic E-state index is 11.6. The summed E-state index contributed by atoms with van der Waals surface area (Å²) in [5.41, 5.74) is 2.54. The molecule has 2 aliphatic rings. The molecule has 0 bridgehead atoms. The van der Waals surface area contributed by atoms with E-state index in [2.05, 4.69) is 46.4 Å². The Labute approximate surface area is 147 Å². The minimum atomic E-state index is -0.0250. The summed E-state index contributed by atoms with van der Waals surface area (Å²) in [6.45, 7) is 5.67. The number of para-hydroxylation sites is 1. The summed E-state index contributed by atoms with van der Waals surface area (Å²) < 4.78 is 11.1. The van der Waals surface area contributed by atoms with Crippen molar-refractivity contribution in [1.82, 2.24) is 10.3 Å². The topological polar surface area (TPSA) is 67.6 Å². The predicted octanol–water partition coefficient (Wildman–Crippen LogP) is 2.55. The molecule has 1 aromatic carbocycles. The summed E-state index contributed by atoms with van der Waals surface area (Å²) in [5.74, 6) is 1.89. The largest absolute Gasteiger partial charge is 0.444 e. The average Bonchev–Trinajstić information content (AvgIpc) is 3.19. The fourth-order valence-electron chi connectivity index (χ4n) is 3.87. The van der Waals surface area contributed by atoms with Gasteiger partial charge in [-0.2, -0.15) is 0 Å². The second kappa shape index (κ2) is 6.52. The number of aromatic nitrogens is 1. The van der Waals surface area contributed by atoms with Crippen molar-refractivity contribution in [2.75, 3.05) is 24.7 Å². The van der Waals surface area contributed by atoms with E-state index in [-0.39, 0.29) is 24.6 Å². The number of fused-ring (bicyclic) bond motifs is 1. The van der Waals surface area contributed by atoms with Crippen LogP contribution in [0.2, 0.25) is 0 Å². The lowest BCUT2D eigenvalue weighted by atomic mass is 9.94. The number of benzene rings is 1. The minimum Gasteiger partial charge on any atom is -0.444 e. The Morgan fingerprint density at radius 1 is 1.40 bits per heavy atom. The number of amides is 1. The number of hydrogen-bond acceptors (Lipinski definition) is 5. The molecule has 0 saturated carbocycles. The third-order valence-corrected chi connectivity index (χ3v) is 5.05. The molecule has 1 fully saturated rings. The third-order valence-electron chi connectivity index (χ3n) is 5.05. The number of nitrogens with zero attached hydrogens (tertiary/aromatic N) is 2. The highest BCUT2D eigenvalue weighted by Crippen LogP contribution is 2.42. The van der Waals surface area contributed by atoms with Crippen LogP contribution in [0.25, 0.3) is 0 Å². The van der Waals surface area contributed by atoms with Gasteiger partial charge < -0.3 is 19.4 Å². The number of anilines is 1. The monoisotopic (exact) mass is 341 g/mol. The van der Waals surface area contributed by atoms with Gasteiger partial charge in [-0.15, -0.1) is 0 Å². The van der Waals surface area contributed by atoms with Crippen molar-refractivity contribution < 1.29 is 13.9 Å². The molecule has 2 aromatic rings. The van der Waals surface area contributed by atoms with Crippen molar-refractivity contribution in [3.8, 4) is 0 Å². The van der Waals surface area contributed by atoms with Crippen LogP contribution in [0.3, 0.4) is 0 Å². The average molecular weight is 341 g/mol. The van der Waals surface area contributed by atoms with E-state index in [1.54, 1.807) is 6.20 Å². The first-order chi connectivity index (χ1) is 12.1. The van der Waals surface area contributed by atoms with E-state index in [4.69, 9.17) is 9.15 Å². The zero-order valence-electron chi connectivity index (χ0n) is 14.6. The number of carbonyl (C=O) groups excluding carboxylic acids is 1. The van der Waals surface area contributed by atoms with Crippen molar-refractivity contribution in [2.24, 2.45) is 0 Å². The second-order valence-corrected chi connectivity index (χ2v) is 6.91. The van der Waals surface area contributed by atoms with Crippen LogP contribution in [0.4, 0.5) is 5.69 Å². The molecule has 1 saturated heterocycles. The van der Waals surface area contributed by atoms with Gasteiger partial charge >= 0.3 is 0 Å². The first-order valence-electron chi connectivity index (χ1n) is 8.77. The standard InChI is InChI=1S/C19H23N3O3/c1-12-8-20-19(25-12)13(2)22-9-14(16-5-3-4-6-17(16)22)7-15-10-24-11-18(23)21-15/h3-6,8,13-15H,7,9-11H2,1-2H3,(H,21,23). The van der Waals surface area contributed by atoms with Crippen LogP contribution in [-0.4, -0.2) is 36.7 Å². The van der Waals surface area contributed by atoms with Crippen molar-refractivity contribution in [1.29, 1.82) is 0 Å². The molecule has 1 aromatic heterocycles. The number of rotatable bonds is 4. The van der Waals surface area contributed by atoms with E-state index in [1.165, 1.54) is 11.3 Å². The maximum atomic E-state index is 11.6. The third kappa shape index (κ3) is 3.14. The highest BCUT2D eigenvalue weighted by atomic mass is 16.5. The molecule has 132 valence electrons. The Morgan fingerprint density at radius 3 is 3.00 bits per heavy atom. The van der Waals surface area contributed by atoms with Crippen molar-refractivity contribution in [2.45, 2.75) is 38.3 Å². The molecule has 0 aliphatic carbocycles. The number of hydrogen-bond donors (Lipinski definition) is 1. The van der Waals surface area contributed by atoms with Crippen LogP contribution in [0.1, 0.15) is 42.5 Å². The maximum Gasteiger partial charge on any atom is 0.246 e. The molecule has 3 atom stereocenters. The molecule has 1 amide bonds. The zero-order valence-corrected chi connectivity index (χ0v) is 14.6. The fraction of sp³-hybridized carbons (Fsp3) is 0.474. The minimum absolute atomic E-state index is 0.0250. The number of carbonyl (C=O) groups is 1. The molecule has 6 heteroatoms. The van der Waals surface area contributed by atoms with Crippen LogP contribution in [0.15, 0.2) is 34.9 Å². The predicted molar refractivity (Wildman–Crippen MR) is 93.6 cm³/mol. The lowest BCUT2D eigenvalue weighted by molar-refractivity contribution is -0.131. The van der Waals surface area contributed by atoms with Crippen LogP contribution in [0.5, 0.6) is 0 Å². The molecule has 0 radical (unpaired) electrons. The molecular formula is C19H23N3O3. The Balaban J connectivity index is 1.56. The highest BCUT2D eigenvalue weighted by Gasteiger charge is 2.35. The molecule has 6 nitrogen and oxygen atoms in total. The molecule has 2 aliphatic heterocycles. The van der Waals surface area contributed by atoms with Gasteiger partial charge in [0.25, 0.3) is 0 Å². The molecule has 1 N–H and O–H groups in total. The summed E-state index contributed by atoms with van der Waals surface area (Å²) in [6, 6.07) is 8.60. The van der Waals surface area contributed by atoms with E-state index in [0.717, 1.165) is 24.6 Å². The van der Waals surface area contributed by atoms with Crippen molar-refractivity contribution >= 4 is 11.6 Å². The molecular weight excluding hydrogens is 318 g/mol. The number of oxazole rings is 1. The van der Waals surface area contributed by atoms with Crippen LogP contribution in [-0.2, 0) is 9.53 Å². The Kier molecular flexibility index (Phi) is 4.21. The molecule has 3 heterocycles. The van der Waals surface area contributed by atoms with Gasteiger partial charge in [0, 0.05) is 18.2 Å². The van der Waals surface area contributed by atoms with E-state index >= 15 is 0 Å². The molecule has 3 unspecified atom stereocenters. The summed E-state index contributed by atoms with van der Waals surface area (Å²) in [6.07, 6.45) is 2.64. The first-order valence-corrected chi connectivity index (χ1v) is 8.77. The van der Waals surface area contributed by atoms with Crippen LogP contribution in [0, 0.1) is 6.92 Å². The number of ether oxygens (including phenoxy) is 1. The zero-order chi connectivity index (χ0) is 17.4. The summed E-state index contributed by atoms with van der Waals surface area (Å²) in [4.78, 5) is 18.3. The first kappa shape index (κ1) is 16.1. The lowest BCUT2D eigenvalue weighted by Gasteiger charge is -2.27. The summed E-state index contributed by atoms with van der Waals surface area (Å²) in [5, 5.41) is 3.04. The molecule has 0 spiro atoms. The van der Waals surface area contributed by atoms with Gasteiger partial charge in [-0.25, -0.2) is 4.98 Å². The Bertz CT molecular complexity index is 773. The SMILES string of the molecule is Cc1cnc(C(C)N2CC(CC3COCC(=O)N3)c3ccccc32)o1. The number of aryl methyl sites for hydroxylation is 1. The van der Waals surface area contributed by atoms with Crippen molar-refractivity contribution in [3.63, 3.8) is 0 Å². The van der Waals surface area contributed by atoms with Gasteiger partial charge in [0.1, 0.15) is 18.4 Å². The normalized spacial score (nSPS) is 24.1. The molecule has 25 heavy (non-hydrogen) atoms. The second-order valence-electron chi connectivity index (χ2n) is 6.91. The summed E-state index contributed by atoms with van der Waals surface area (Å²) >= 11 is 0. The smallest absolute Gasteiger partial charge is 0.246 e. The van der Waals surface area contributed by atoms with E-state index < -0.39 is 0 Å². The van der Waals surface area contributed by atoms with E-state index in [0.29, 0.717) is 12.5 Å². The number of nitrogens with one attached hydrogen (secondary N) is 1. The quantitative estimate of drug-likeness (QED) is 0.926. The number of morpholine rings is 1. The highest BCUT2D eigenvalue weighted by molar-refractivity contribution is 5.78. The van der Waals surface area contributed by atoms with Gasteiger partial charge in [0.2, 0.25) is 11.8 Å².